The zero-order chi connectivity index (χ0) is 21.3. The van der Waals surface area contributed by atoms with E-state index in [1.807, 2.05) is 44.2 Å². The molecule has 30 heavy (non-hydrogen) atoms. The fourth-order valence-electron chi connectivity index (χ4n) is 3.40. The molecule has 1 atom stereocenters. The van der Waals surface area contributed by atoms with Crippen molar-refractivity contribution in [1.82, 2.24) is 10.5 Å². The van der Waals surface area contributed by atoms with Crippen LogP contribution < -0.4 is 20.7 Å². The topological polar surface area (TPSA) is 78.9 Å². The number of benzene rings is 1. The Morgan fingerprint density at radius 2 is 2.07 bits per heavy atom. The average molecular weight is 415 g/mol. The van der Waals surface area contributed by atoms with Gasteiger partial charge >= 0.3 is 0 Å². The van der Waals surface area contributed by atoms with Gasteiger partial charge in [-0.15, -0.1) is 5.53 Å². The third-order valence-electron chi connectivity index (χ3n) is 5.17. The minimum Gasteiger partial charge on any atom is -0.439 e. The van der Waals surface area contributed by atoms with Gasteiger partial charge in [0, 0.05) is 38.1 Å². The predicted molar refractivity (Wildman–Crippen MR) is 120 cm³/mol. The molecule has 2 aromatic rings. The Bertz CT molecular complexity index is 798. The maximum atomic E-state index is 10.6. The fraction of sp³-hybridized carbons (Fsp3) is 0.522. The number of ether oxygens (including phenoxy) is 2. The van der Waals surface area contributed by atoms with Crippen molar-refractivity contribution in [3.8, 4) is 11.6 Å². The van der Waals surface area contributed by atoms with E-state index in [1.165, 1.54) is 12.8 Å². The highest BCUT2D eigenvalue weighted by molar-refractivity contribution is 5.74. The van der Waals surface area contributed by atoms with E-state index in [4.69, 9.17) is 9.47 Å². The highest BCUT2D eigenvalue weighted by Gasteiger charge is 2.28. The first kappa shape index (κ1) is 22.3. The van der Waals surface area contributed by atoms with Crippen LogP contribution >= 0.6 is 0 Å². The summed E-state index contributed by atoms with van der Waals surface area (Å²) in [5.41, 5.74) is 9.23. The van der Waals surface area contributed by atoms with Crippen LogP contribution in [-0.4, -0.2) is 30.4 Å². The summed E-state index contributed by atoms with van der Waals surface area (Å²) in [6, 6.07) is 9.64. The van der Waals surface area contributed by atoms with Crippen LogP contribution in [0.4, 0.5) is 11.4 Å². The SMILES string of the molecule is CC.COCCCCC(O)c1cccnc1Oc1ccc2c(c1)NNN2CC1CC1. The van der Waals surface area contributed by atoms with Gasteiger partial charge in [0.1, 0.15) is 5.75 Å². The van der Waals surface area contributed by atoms with E-state index in [0.717, 1.165) is 36.7 Å². The number of nitrogens with one attached hydrogen (secondary N) is 2. The van der Waals surface area contributed by atoms with Crippen LogP contribution in [0.1, 0.15) is 57.6 Å². The molecule has 1 aromatic heterocycles. The molecule has 0 bridgehead atoms. The van der Waals surface area contributed by atoms with Crippen LogP contribution in [0.3, 0.4) is 0 Å². The molecule has 0 amide bonds. The second-order valence-corrected chi connectivity index (χ2v) is 7.47. The molecule has 2 heterocycles. The number of aliphatic hydroxyl groups excluding tert-OH is 1. The van der Waals surface area contributed by atoms with E-state index in [2.05, 4.69) is 21.0 Å². The lowest BCUT2D eigenvalue weighted by atomic mass is 10.1. The molecule has 164 valence electrons. The number of methoxy groups -OCH3 is 1. The van der Waals surface area contributed by atoms with Gasteiger partial charge in [-0.1, -0.05) is 13.8 Å². The number of fused-ring (bicyclic) bond motifs is 1. The summed E-state index contributed by atoms with van der Waals surface area (Å²) in [6.07, 6.45) is 6.15. The Labute approximate surface area is 179 Å². The second kappa shape index (κ2) is 11.2. The molecule has 1 aromatic carbocycles. The molecule has 7 nitrogen and oxygen atoms in total. The average Bonchev–Trinajstić information content (AvgIpc) is 3.52. The molecule has 4 rings (SSSR count). The summed E-state index contributed by atoms with van der Waals surface area (Å²) < 4.78 is 11.1. The number of hydrazine groups is 2. The normalized spacial score (nSPS) is 15.7. The van der Waals surface area contributed by atoms with E-state index < -0.39 is 6.10 Å². The summed E-state index contributed by atoms with van der Waals surface area (Å²) >= 11 is 0. The Morgan fingerprint density at radius 1 is 1.23 bits per heavy atom. The lowest BCUT2D eigenvalue weighted by Crippen LogP contribution is -2.37. The van der Waals surface area contributed by atoms with Gasteiger partial charge in [-0.05, 0) is 62.3 Å². The van der Waals surface area contributed by atoms with Crippen LogP contribution in [-0.2, 0) is 4.74 Å². The highest BCUT2D eigenvalue weighted by Crippen LogP contribution is 2.38. The molecular weight excluding hydrogens is 380 g/mol. The van der Waals surface area contributed by atoms with E-state index in [9.17, 15) is 5.11 Å². The lowest BCUT2D eigenvalue weighted by Gasteiger charge is -2.17. The molecule has 2 aliphatic rings. The second-order valence-electron chi connectivity index (χ2n) is 7.47. The zero-order valence-electron chi connectivity index (χ0n) is 18.2. The molecule has 1 fully saturated rings. The van der Waals surface area contributed by atoms with Crippen molar-refractivity contribution >= 4 is 11.4 Å². The van der Waals surface area contributed by atoms with Gasteiger partial charge in [-0.3, -0.25) is 5.01 Å². The van der Waals surface area contributed by atoms with Gasteiger partial charge in [0.15, 0.2) is 0 Å². The van der Waals surface area contributed by atoms with Crippen LogP contribution in [0.25, 0.3) is 0 Å². The number of anilines is 2. The largest absolute Gasteiger partial charge is 0.439 e. The van der Waals surface area contributed by atoms with Crippen LogP contribution in [0.5, 0.6) is 11.6 Å². The van der Waals surface area contributed by atoms with Gasteiger partial charge in [-0.25, -0.2) is 4.98 Å². The van der Waals surface area contributed by atoms with Crippen LogP contribution in [0.2, 0.25) is 0 Å². The summed E-state index contributed by atoms with van der Waals surface area (Å²) in [7, 11) is 1.69. The summed E-state index contributed by atoms with van der Waals surface area (Å²) in [5, 5.41) is 12.7. The predicted octanol–water partition coefficient (Wildman–Crippen LogP) is 4.81. The third kappa shape index (κ3) is 5.84. The summed E-state index contributed by atoms with van der Waals surface area (Å²) in [4.78, 5) is 4.34. The smallest absolute Gasteiger partial charge is 0.225 e. The van der Waals surface area contributed by atoms with E-state index in [-0.39, 0.29) is 0 Å². The van der Waals surface area contributed by atoms with Gasteiger partial charge < -0.3 is 20.0 Å². The first-order valence-corrected chi connectivity index (χ1v) is 11.0. The third-order valence-corrected chi connectivity index (χ3v) is 5.17. The van der Waals surface area contributed by atoms with Crippen molar-refractivity contribution in [3.63, 3.8) is 0 Å². The number of aromatic nitrogens is 1. The van der Waals surface area contributed by atoms with Crippen molar-refractivity contribution in [3.05, 3.63) is 42.1 Å². The number of unbranched alkanes of at least 4 members (excludes halogenated alkanes) is 1. The summed E-state index contributed by atoms with van der Waals surface area (Å²) in [6.45, 7) is 5.72. The molecule has 1 unspecified atom stereocenters. The molecule has 3 N–H and O–H groups in total. The van der Waals surface area contributed by atoms with E-state index >= 15 is 0 Å². The Morgan fingerprint density at radius 3 is 2.83 bits per heavy atom. The highest BCUT2D eigenvalue weighted by atomic mass is 16.5. The first-order chi connectivity index (χ1) is 14.7. The van der Waals surface area contributed by atoms with Crippen molar-refractivity contribution in [2.45, 2.75) is 52.1 Å². The van der Waals surface area contributed by atoms with Crippen molar-refractivity contribution in [2.75, 3.05) is 30.7 Å². The van der Waals surface area contributed by atoms with E-state index in [0.29, 0.717) is 30.2 Å². The van der Waals surface area contributed by atoms with Gasteiger partial charge in [0.2, 0.25) is 5.88 Å². The minimum absolute atomic E-state index is 0.447. The zero-order valence-corrected chi connectivity index (χ0v) is 18.2. The van der Waals surface area contributed by atoms with Crippen LogP contribution in [0.15, 0.2) is 36.5 Å². The summed E-state index contributed by atoms with van der Waals surface area (Å²) in [5.74, 6) is 1.92. The number of nitrogens with zero attached hydrogens (tertiary/aromatic N) is 2. The molecule has 1 aliphatic heterocycles. The van der Waals surface area contributed by atoms with Gasteiger partial charge in [-0.2, -0.15) is 0 Å². The molecule has 7 heteroatoms. The van der Waals surface area contributed by atoms with Crippen molar-refractivity contribution in [2.24, 2.45) is 5.92 Å². The Hall–Kier alpha value is -2.35. The molecule has 1 saturated carbocycles. The maximum absolute atomic E-state index is 10.6. The molecule has 0 spiro atoms. The number of hydrogen-bond acceptors (Lipinski definition) is 7. The molecule has 0 radical (unpaired) electrons. The Balaban J connectivity index is 0.00000124. The monoisotopic (exact) mass is 414 g/mol. The van der Waals surface area contributed by atoms with Gasteiger partial charge in [0.25, 0.3) is 0 Å². The van der Waals surface area contributed by atoms with Crippen molar-refractivity contribution in [1.29, 1.82) is 0 Å². The standard InChI is InChI=1S/C21H28N4O3.C2H6/c1-27-12-3-2-6-20(26)17-5-4-11-22-21(17)28-16-9-10-19-18(13-16)23-24-25(19)14-15-7-8-15;1-2/h4-5,9-11,13,15,20,23-24,26H,2-3,6-8,12,14H2,1H3;1-2H3. The fourth-order valence-corrected chi connectivity index (χ4v) is 3.40. The number of rotatable bonds is 10. The quantitative estimate of drug-likeness (QED) is 0.481. The number of aliphatic hydroxyl groups is 1. The molecular formula is C23H34N4O3. The lowest BCUT2D eigenvalue weighted by molar-refractivity contribution is 0.148. The van der Waals surface area contributed by atoms with Gasteiger partial charge in [0.05, 0.1) is 17.5 Å². The number of hydrogen-bond donors (Lipinski definition) is 3. The molecule has 0 saturated heterocycles. The first-order valence-electron chi connectivity index (χ1n) is 11.0. The number of pyridine rings is 1. The molecule has 1 aliphatic carbocycles. The van der Waals surface area contributed by atoms with E-state index in [1.54, 1.807) is 13.3 Å². The minimum atomic E-state index is -0.608. The Kier molecular flexibility index (Phi) is 8.30. The van der Waals surface area contributed by atoms with Crippen molar-refractivity contribution < 1.29 is 14.6 Å². The van der Waals surface area contributed by atoms with Crippen LogP contribution in [0, 0.1) is 5.92 Å². The maximum Gasteiger partial charge on any atom is 0.225 e.